The first-order chi connectivity index (χ1) is 8.95. The Morgan fingerprint density at radius 2 is 1.95 bits per heavy atom. The van der Waals surface area contributed by atoms with E-state index in [9.17, 15) is 4.79 Å². The maximum absolute atomic E-state index is 12.2. The first-order valence-electron chi connectivity index (χ1n) is 6.87. The summed E-state index contributed by atoms with van der Waals surface area (Å²) in [6, 6.07) is 4.35. The van der Waals surface area contributed by atoms with E-state index in [4.69, 9.17) is 4.74 Å². The van der Waals surface area contributed by atoms with Crippen molar-refractivity contribution >= 4 is 5.78 Å². The Bertz CT molecular complexity index is 439. The minimum Gasteiger partial charge on any atom is -0.496 e. The highest BCUT2D eigenvalue weighted by Crippen LogP contribution is 2.23. The van der Waals surface area contributed by atoms with E-state index >= 15 is 0 Å². The molecule has 0 spiro atoms. The molecule has 0 aliphatic carbocycles. The lowest BCUT2D eigenvalue weighted by Crippen LogP contribution is -2.24. The van der Waals surface area contributed by atoms with Crippen LogP contribution >= 0.6 is 0 Å². The zero-order valence-electron chi connectivity index (χ0n) is 12.7. The lowest BCUT2D eigenvalue weighted by atomic mass is 9.98. The predicted molar refractivity (Wildman–Crippen MR) is 79.2 cm³/mol. The summed E-state index contributed by atoms with van der Waals surface area (Å²) in [6.45, 7) is 9.03. The van der Waals surface area contributed by atoms with Crippen LogP contribution in [0, 0.1) is 13.8 Å². The molecule has 0 heterocycles. The topological polar surface area (TPSA) is 38.3 Å². The Labute approximate surface area is 116 Å². The van der Waals surface area contributed by atoms with E-state index in [1.165, 1.54) is 0 Å². The van der Waals surface area contributed by atoms with Crippen LogP contribution < -0.4 is 10.1 Å². The van der Waals surface area contributed by atoms with Crippen LogP contribution in [0.2, 0.25) is 0 Å². The van der Waals surface area contributed by atoms with Crippen molar-refractivity contribution in [1.82, 2.24) is 5.32 Å². The number of methoxy groups -OCH3 is 1. The van der Waals surface area contributed by atoms with Gasteiger partial charge in [0, 0.05) is 18.0 Å². The minimum atomic E-state index is 0.216. The van der Waals surface area contributed by atoms with Crippen LogP contribution in [0.4, 0.5) is 0 Å². The molecule has 0 unspecified atom stereocenters. The molecule has 1 aromatic carbocycles. The Morgan fingerprint density at radius 1 is 1.26 bits per heavy atom. The van der Waals surface area contributed by atoms with Gasteiger partial charge in [-0.05, 0) is 50.1 Å². The van der Waals surface area contributed by atoms with Crippen molar-refractivity contribution < 1.29 is 9.53 Å². The molecule has 0 saturated heterocycles. The van der Waals surface area contributed by atoms with E-state index in [0.29, 0.717) is 12.5 Å². The van der Waals surface area contributed by atoms with Crippen molar-refractivity contribution in [3.05, 3.63) is 28.8 Å². The lowest BCUT2D eigenvalue weighted by molar-refractivity contribution is 0.0979. The molecule has 0 saturated carbocycles. The van der Waals surface area contributed by atoms with Gasteiger partial charge in [0.25, 0.3) is 0 Å². The normalized spacial score (nSPS) is 10.8. The summed E-state index contributed by atoms with van der Waals surface area (Å²) in [5.41, 5.74) is 2.82. The van der Waals surface area contributed by atoms with Gasteiger partial charge >= 0.3 is 0 Å². The van der Waals surface area contributed by atoms with Gasteiger partial charge in [-0.3, -0.25) is 4.79 Å². The van der Waals surface area contributed by atoms with Gasteiger partial charge in [0.15, 0.2) is 5.78 Å². The molecule has 0 fully saturated rings. The number of hydrogen-bond acceptors (Lipinski definition) is 3. The van der Waals surface area contributed by atoms with E-state index in [1.54, 1.807) is 7.11 Å². The highest BCUT2D eigenvalue weighted by atomic mass is 16.5. The van der Waals surface area contributed by atoms with E-state index in [0.717, 1.165) is 35.4 Å². The van der Waals surface area contributed by atoms with Crippen LogP contribution in [0.3, 0.4) is 0 Å². The summed E-state index contributed by atoms with van der Waals surface area (Å²) in [5.74, 6) is 1.06. The molecule has 0 amide bonds. The van der Waals surface area contributed by atoms with Gasteiger partial charge in [0.2, 0.25) is 0 Å². The van der Waals surface area contributed by atoms with E-state index in [1.807, 2.05) is 26.0 Å². The molecular formula is C16H25NO2. The van der Waals surface area contributed by atoms with Crippen LogP contribution in [0.25, 0.3) is 0 Å². The second-order valence-corrected chi connectivity index (χ2v) is 5.27. The van der Waals surface area contributed by atoms with Gasteiger partial charge in [0.05, 0.1) is 7.11 Å². The maximum atomic E-state index is 12.2. The Morgan fingerprint density at radius 3 is 2.53 bits per heavy atom. The lowest BCUT2D eigenvalue weighted by Gasteiger charge is -2.11. The molecule has 0 radical (unpaired) electrons. The fourth-order valence-corrected chi connectivity index (χ4v) is 2.08. The maximum Gasteiger partial charge on any atom is 0.163 e. The molecule has 106 valence electrons. The molecule has 1 rings (SSSR count). The van der Waals surface area contributed by atoms with Crippen molar-refractivity contribution in [2.24, 2.45) is 0 Å². The number of Topliss-reactive ketones (excluding diaryl/α,β-unsaturated/α-hetero) is 1. The fraction of sp³-hybridized carbons (Fsp3) is 0.562. The standard InChI is InChI=1S/C16H25NO2/c1-11(2)17-8-6-7-15(18)14-9-13(4)16(19-5)10-12(14)3/h9-11,17H,6-8H2,1-5H3. The van der Waals surface area contributed by atoms with Gasteiger partial charge in [0.1, 0.15) is 5.75 Å². The monoisotopic (exact) mass is 263 g/mol. The third-order valence-electron chi connectivity index (χ3n) is 3.18. The quantitative estimate of drug-likeness (QED) is 0.606. The Hall–Kier alpha value is -1.35. The van der Waals surface area contributed by atoms with Gasteiger partial charge in [-0.1, -0.05) is 13.8 Å². The van der Waals surface area contributed by atoms with E-state index in [-0.39, 0.29) is 5.78 Å². The van der Waals surface area contributed by atoms with Gasteiger partial charge < -0.3 is 10.1 Å². The number of nitrogens with one attached hydrogen (secondary N) is 1. The minimum absolute atomic E-state index is 0.216. The zero-order valence-corrected chi connectivity index (χ0v) is 12.7. The molecule has 3 nitrogen and oxygen atoms in total. The summed E-state index contributed by atoms with van der Waals surface area (Å²) < 4.78 is 5.26. The zero-order chi connectivity index (χ0) is 14.4. The van der Waals surface area contributed by atoms with Crippen LogP contribution in [-0.2, 0) is 0 Å². The molecule has 1 N–H and O–H groups in total. The molecule has 0 aliphatic rings. The van der Waals surface area contributed by atoms with E-state index < -0.39 is 0 Å². The number of aryl methyl sites for hydroxylation is 2. The second-order valence-electron chi connectivity index (χ2n) is 5.27. The molecule has 0 atom stereocenters. The van der Waals surface area contributed by atoms with Crippen LogP contribution in [-0.4, -0.2) is 25.5 Å². The largest absolute Gasteiger partial charge is 0.496 e. The smallest absolute Gasteiger partial charge is 0.163 e. The van der Waals surface area contributed by atoms with E-state index in [2.05, 4.69) is 19.2 Å². The number of ether oxygens (including phenoxy) is 1. The molecule has 19 heavy (non-hydrogen) atoms. The number of benzene rings is 1. The molecule has 0 bridgehead atoms. The Kier molecular flexibility index (Phi) is 6.03. The van der Waals surface area contributed by atoms with Crippen LogP contribution in [0.5, 0.6) is 5.75 Å². The first-order valence-corrected chi connectivity index (χ1v) is 6.87. The molecule has 1 aromatic rings. The van der Waals surface area contributed by atoms with Crippen molar-refractivity contribution in [2.75, 3.05) is 13.7 Å². The molecular weight excluding hydrogens is 238 g/mol. The summed E-state index contributed by atoms with van der Waals surface area (Å²) in [5, 5.41) is 3.32. The van der Waals surface area contributed by atoms with Crippen molar-refractivity contribution in [3.63, 3.8) is 0 Å². The third-order valence-corrected chi connectivity index (χ3v) is 3.18. The summed E-state index contributed by atoms with van der Waals surface area (Å²) >= 11 is 0. The van der Waals surface area contributed by atoms with Crippen molar-refractivity contribution in [3.8, 4) is 5.75 Å². The number of carbonyl (C=O) groups is 1. The average Bonchev–Trinajstić information content (AvgIpc) is 2.36. The summed E-state index contributed by atoms with van der Waals surface area (Å²) in [7, 11) is 1.65. The van der Waals surface area contributed by atoms with Gasteiger partial charge in [-0.2, -0.15) is 0 Å². The second kappa shape index (κ2) is 7.29. The number of ketones is 1. The van der Waals surface area contributed by atoms with Crippen LogP contribution in [0.15, 0.2) is 12.1 Å². The third kappa shape index (κ3) is 4.67. The molecule has 3 heteroatoms. The highest BCUT2D eigenvalue weighted by molar-refractivity contribution is 5.97. The van der Waals surface area contributed by atoms with Crippen molar-refractivity contribution in [2.45, 2.75) is 46.6 Å². The highest BCUT2D eigenvalue weighted by Gasteiger charge is 2.11. The number of hydrogen-bond donors (Lipinski definition) is 1. The molecule has 0 aromatic heterocycles. The van der Waals surface area contributed by atoms with Gasteiger partial charge in [-0.25, -0.2) is 0 Å². The van der Waals surface area contributed by atoms with Crippen LogP contribution in [0.1, 0.15) is 48.2 Å². The SMILES string of the molecule is COc1cc(C)c(C(=O)CCCNC(C)C)cc1C. The summed E-state index contributed by atoms with van der Waals surface area (Å²) in [4.78, 5) is 12.2. The average molecular weight is 263 g/mol. The summed E-state index contributed by atoms with van der Waals surface area (Å²) in [6.07, 6.45) is 1.47. The Balaban J connectivity index is 2.64. The first kappa shape index (κ1) is 15.7. The number of rotatable bonds is 7. The predicted octanol–water partition coefficient (Wildman–Crippen LogP) is 3.27. The fourth-order valence-electron chi connectivity index (χ4n) is 2.08. The number of carbonyl (C=O) groups excluding carboxylic acids is 1. The van der Waals surface area contributed by atoms with Gasteiger partial charge in [-0.15, -0.1) is 0 Å². The van der Waals surface area contributed by atoms with Crippen molar-refractivity contribution in [1.29, 1.82) is 0 Å². The molecule has 0 aliphatic heterocycles.